The first-order valence-electron chi connectivity index (χ1n) is 8.60. The minimum Gasteiger partial charge on any atom is -0.459 e. The van der Waals surface area contributed by atoms with Crippen LogP contribution in [0.1, 0.15) is 60.8 Å². The molecule has 0 saturated carbocycles. The van der Waals surface area contributed by atoms with E-state index in [0.717, 1.165) is 5.56 Å². The van der Waals surface area contributed by atoms with Gasteiger partial charge in [0.05, 0.1) is 22.9 Å². The zero-order valence-corrected chi connectivity index (χ0v) is 16.9. The van der Waals surface area contributed by atoms with Crippen molar-refractivity contribution in [3.63, 3.8) is 0 Å². The van der Waals surface area contributed by atoms with Crippen LogP contribution in [0.5, 0.6) is 0 Å². The van der Waals surface area contributed by atoms with Crippen molar-refractivity contribution in [2.24, 2.45) is 0 Å². The molecule has 136 valence electrons. The van der Waals surface area contributed by atoms with Gasteiger partial charge in [0.15, 0.2) is 0 Å². The Morgan fingerprint density at radius 3 is 2.27 bits per heavy atom. The predicted molar refractivity (Wildman–Crippen MR) is 106 cm³/mol. The summed E-state index contributed by atoms with van der Waals surface area (Å²) in [4.78, 5) is 17.2. The Morgan fingerprint density at radius 2 is 1.81 bits per heavy atom. The van der Waals surface area contributed by atoms with E-state index in [4.69, 9.17) is 4.74 Å². The summed E-state index contributed by atoms with van der Waals surface area (Å²) in [6.45, 7) is 9.65. The van der Waals surface area contributed by atoms with Gasteiger partial charge in [-0.1, -0.05) is 38.1 Å². The number of aryl methyl sites for hydroxylation is 1. The highest BCUT2D eigenvalue weighted by Crippen LogP contribution is 2.35. The van der Waals surface area contributed by atoms with E-state index in [0.29, 0.717) is 33.3 Å². The third kappa shape index (κ3) is 4.08. The second-order valence-electron chi connectivity index (χ2n) is 6.67. The van der Waals surface area contributed by atoms with Crippen LogP contribution in [0.15, 0.2) is 29.3 Å². The molecule has 5 heteroatoms. The molecule has 0 aliphatic carbocycles. The highest BCUT2D eigenvalue weighted by Gasteiger charge is 2.25. The molecule has 0 N–H and O–H groups in total. The molecule has 0 amide bonds. The summed E-state index contributed by atoms with van der Waals surface area (Å²) in [6, 6.07) is 10.2. The van der Waals surface area contributed by atoms with Crippen LogP contribution in [0.2, 0.25) is 0 Å². The zero-order chi connectivity index (χ0) is 19.4. The van der Waals surface area contributed by atoms with E-state index in [-0.39, 0.29) is 6.10 Å². The molecule has 0 aliphatic rings. The maximum Gasteiger partial charge on any atom is 0.340 e. The molecule has 1 aromatic heterocycles. The molecule has 4 nitrogen and oxygen atoms in total. The van der Waals surface area contributed by atoms with Crippen LogP contribution in [0, 0.1) is 18.3 Å². The molecule has 26 heavy (non-hydrogen) atoms. The molecule has 0 atom stereocenters. The Bertz CT molecular complexity index is 850. The minimum absolute atomic E-state index is 0.246. The standard InChI is InChI=1S/C21H24N2O2S/c1-12(2)15-7-9-16(10-8-15)19-17(11-22)20(26-6)23-14(5)18(19)21(24)25-13(3)4/h7-10,12-13H,1-6H3. The number of nitrogens with zero attached hydrogens (tertiary/aromatic N) is 2. The Balaban J connectivity index is 2.76. The molecule has 1 heterocycles. The third-order valence-electron chi connectivity index (χ3n) is 4.06. The smallest absolute Gasteiger partial charge is 0.340 e. The van der Waals surface area contributed by atoms with Crippen molar-refractivity contribution in [2.75, 3.05) is 6.26 Å². The number of nitriles is 1. The Hall–Kier alpha value is -2.32. The quantitative estimate of drug-likeness (QED) is 0.526. The van der Waals surface area contributed by atoms with Crippen molar-refractivity contribution in [1.82, 2.24) is 4.98 Å². The summed E-state index contributed by atoms with van der Waals surface area (Å²) in [6.07, 6.45) is 1.63. The first-order valence-corrected chi connectivity index (χ1v) is 9.82. The summed E-state index contributed by atoms with van der Waals surface area (Å²) in [5.74, 6) is -0.0390. The molecular weight excluding hydrogens is 344 g/mol. The van der Waals surface area contributed by atoms with Crippen molar-refractivity contribution in [2.45, 2.75) is 51.7 Å². The Morgan fingerprint density at radius 1 is 1.19 bits per heavy atom. The van der Waals surface area contributed by atoms with Gasteiger partial charge in [0, 0.05) is 5.56 Å². The third-order valence-corrected chi connectivity index (χ3v) is 4.75. The molecule has 0 aliphatic heterocycles. The number of benzene rings is 1. The van der Waals surface area contributed by atoms with Crippen molar-refractivity contribution >= 4 is 17.7 Å². The Kier molecular flexibility index (Phi) is 6.44. The van der Waals surface area contributed by atoms with Gasteiger partial charge in [-0.2, -0.15) is 5.26 Å². The number of carbonyl (C=O) groups excluding carboxylic acids is 1. The molecule has 0 spiro atoms. The van der Waals surface area contributed by atoms with Crippen molar-refractivity contribution in [3.05, 3.63) is 46.6 Å². The average molecular weight is 369 g/mol. The van der Waals surface area contributed by atoms with Crippen molar-refractivity contribution in [3.8, 4) is 17.2 Å². The summed E-state index contributed by atoms with van der Waals surface area (Å²) >= 11 is 1.40. The van der Waals surface area contributed by atoms with Crippen LogP contribution < -0.4 is 0 Å². The lowest BCUT2D eigenvalue weighted by molar-refractivity contribution is 0.0377. The van der Waals surface area contributed by atoms with Gasteiger partial charge < -0.3 is 4.74 Å². The molecule has 0 fully saturated rings. The lowest BCUT2D eigenvalue weighted by Gasteiger charge is -2.17. The second-order valence-corrected chi connectivity index (χ2v) is 7.47. The fraction of sp³-hybridized carbons (Fsp3) is 0.381. The van der Waals surface area contributed by atoms with Gasteiger partial charge >= 0.3 is 5.97 Å². The molecule has 2 aromatic rings. The minimum atomic E-state index is -0.447. The number of aromatic nitrogens is 1. The Labute approximate surface area is 159 Å². The van der Waals surface area contributed by atoms with Gasteiger partial charge in [0.1, 0.15) is 11.1 Å². The summed E-state index contributed by atoms with van der Waals surface area (Å²) in [7, 11) is 0. The summed E-state index contributed by atoms with van der Waals surface area (Å²) in [5, 5.41) is 10.4. The van der Waals surface area contributed by atoms with Crippen LogP contribution >= 0.6 is 11.8 Å². The van der Waals surface area contributed by atoms with Crippen LogP contribution in [-0.2, 0) is 4.74 Å². The van der Waals surface area contributed by atoms with Crippen molar-refractivity contribution < 1.29 is 9.53 Å². The molecule has 2 rings (SSSR count). The maximum atomic E-state index is 12.7. The first kappa shape index (κ1) is 20.0. The van der Waals surface area contributed by atoms with E-state index in [2.05, 4.69) is 24.9 Å². The molecule has 0 unspecified atom stereocenters. The van der Waals surface area contributed by atoms with Gasteiger partial charge in [0.25, 0.3) is 0 Å². The van der Waals surface area contributed by atoms with Gasteiger partial charge in [0.2, 0.25) is 0 Å². The van der Waals surface area contributed by atoms with E-state index < -0.39 is 5.97 Å². The van der Waals surface area contributed by atoms with Crippen LogP contribution in [0.4, 0.5) is 0 Å². The van der Waals surface area contributed by atoms with Crippen LogP contribution in [0.3, 0.4) is 0 Å². The van der Waals surface area contributed by atoms with E-state index >= 15 is 0 Å². The monoisotopic (exact) mass is 368 g/mol. The van der Waals surface area contributed by atoms with Gasteiger partial charge in [-0.05, 0) is 44.1 Å². The number of ether oxygens (including phenoxy) is 1. The number of pyridine rings is 1. The number of rotatable bonds is 5. The number of esters is 1. The number of hydrogen-bond donors (Lipinski definition) is 0. The topological polar surface area (TPSA) is 63.0 Å². The molecule has 1 aromatic carbocycles. The number of hydrogen-bond acceptors (Lipinski definition) is 5. The van der Waals surface area contributed by atoms with Gasteiger partial charge in [-0.15, -0.1) is 11.8 Å². The fourth-order valence-electron chi connectivity index (χ4n) is 2.77. The largest absolute Gasteiger partial charge is 0.459 e. The summed E-state index contributed by atoms with van der Waals surface area (Å²) < 4.78 is 5.42. The van der Waals surface area contributed by atoms with Gasteiger partial charge in [-0.25, -0.2) is 9.78 Å². The fourth-order valence-corrected chi connectivity index (χ4v) is 3.35. The van der Waals surface area contributed by atoms with Crippen LogP contribution in [0.25, 0.3) is 11.1 Å². The lowest BCUT2D eigenvalue weighted by atomic mass is 9.93. The first-order chi connectivity index (χ1) is 12.3. The van der Waals surface area contributed by atoms with E-state index in [9.17, 15) is 10.1 Å². The van der Waals surface area contributed by atoms with E-state index in [1.54, 1.807) is 20.8 Å². The SMILES string of the molecule is CSc1nc(C)c(C(=O)OC(C)C)c(-c2ccc(C(C)C)cc2)c1C#N. The number of carbonyl (C=O) groups is 1. The average Bonchev–Trinajstić information content (AvgIpc) is 2.59. The molecule has 0 radical (unpaired) electrons. The lowest BCUT2D eigenvalue weighted by Crippen LogP contribution is -2.16. The maximum absolute atomic E-state index is 12.7. The number of thioether (sulfide) groups is 1. The van der Waals surface area contributed by atoms with Crippen molar-refractivity contribution in [1.29, 1.82) is 5.26 Å². The van der Waals surface area contributed by atoms with Gasteiger partial charge in [-0.3, -0.25) is 0 Å². The second kappa shape index (κ2) is 8.37. The normalized spacial score (nSPS) is 10.9. The summed E-state index contributed by atoms with van der Waals surface area (Å²) in [5.41, 5.74) is 3.98. The van der Waals surface area contributed by atoms with E-state index in [1.807, 2.05) is 30.5 Å². The zero-order valence-electron chi connectivity index (χ0n) is 16.1. The molecule has 0 saturated heterocycles. The highest BCUT2D eigenvalue weighted by molar-refractivity contribution is 7.98. The van der Waals surface area contributed by atoms with E-state index in [1.165, 1.54) is 17.3 Å². The predicted octanol–water partition coefficient (Wildman–Crippen LogP) is 5.34. The van der Waals surface area contributed by atoms with Crippen LogP contribution in [-0.4, -0.2) is 23.3 Å². The molecular formula is C21H24N2O2S. The molecule has 0 bridgehead atoms. The highest BCUT2D eigenvalue weighted by atomic mass is 32.2.